The summed E-state index contributed by atoms with van der Waals surface area (Å²) in [6.45, 7) is 1.35. The normalized spacial score (nSPS) is 19.5. The number of nitrogens with zero attached hydrogens (tertiary/aromatic N) is 5. The Morgan fingerprint density at radius 3 is 2.60 bits per heavy atom. The van der Waals surface area contributed by atoms with E-state index < -0.39 is 28.3 Å². The number of benzene rings is 1. The number of alkyl halides is 2. The van der Waals surface area contributed by atoms with Gasteiger partial charge in [-0.15, -0.1) is 0 Å². The van der Waals surface area contributed by atoms with Gasteiger partial charge in [0.25, 0.3) is 6.43 Å². The number of ether oxygens (including phenoxy) is 1. The van der Waals surface area contributed by atoms with Crippen LogP contribution in [-0.4, -0.2) is 45.6 Å². The highest BCUT2D eigenvalue weighted by atomic mass is 32.2. The molecule has 3 aromatic heterocycles. The zero-order valence-electron chi connectivity index (χ0n) is 24.2. The molecule has 0 bridgehead atoms. The van der Waals surface area contributed by atoms with Crippen LogP contribution in [0.3, 0.4) is 0 Å². The first kappa shape index (κ1) is 28.4. The molecule has 4 aromatic rings. The molecule has 5 heterocycles. The van der Waals surface area contributed by atoms with Crippen molar-refractivity contribution >= 4 is 32.4 Å². The molecular weight excluding hydrogens is 574 g/mol. The van der Waals surface area contributed by atoms with Crippen molar-refractivity contribution in [3.8, 4) is 0 Å². The number of anilines is 2. The lowest BCUT2D eigenvalue weighted by Crippen LogP contribution is -2.20. The lowest BCUT2D eigenvalue weighted by molar-refractivity contribution is -0.0363. The van der Waals surface area contributed by atoms with Gasteiger partial charge in [0.05, 0.1) is 27.7 Å². The first-order valence-corrected chi connectivity index (χ1v) is 17.1. The van der Waals surface area contributed by atoms with Gasteiger partial charge in [0.15, 0.2) is 21.3 Å². The van der Waals surface area contributed by atoms with Crippen LogP contribution in [-0.2, 0) is 34.0 Å². The summed E-state index contributed by atoms with van der Waals surface area (Å²) in [5.41, 5.74) is 5.00. The highest BCUT2D eigenvalue weighted by molar-refractivity contribution is 7.90. The number of hydrogen-bond donors (Lipinski definition) is 1. The third kappa shape index (κ3) is 5.78. The third-order valence-corrected chi connectivity index (χ3v) is 9.81. The predicted octanol–water partition coefficient (Wildman–Crippen LogP) is 6.61. The molecule has 1 N–H and O–H groups in total. The summed E-state index contributed by atoms with van der Waals surface area (Å²) in [6.07, 6.45) is 6.88. The largest absolute Gasteiger partial charge is 0.358 e. The van der Waals surface area contributed by atoms with Crippen LogP contribution in [0.15, 0.2) is 35.2 Å². The minimum atomic E-state index is -3.59. The van der Waals surface area contributed by atoms with Crippen molar-refractivity contribution in [1.82, 2.24) is 24.3 Å². The van der Waals surface area contributed by atoms with Gasteiger partial charge >= 0.3 is 0 Å². The average Bonchev–Trinajstić information content (AvgIpc) is 3.70. The molecule has 1 aliphatic carbocycles. The quantitative estimate of drug-likeness (QED) is 0.240. The second-order valence-electron chi connectivity index (χ2n) is 12.1. The Kier molecular flexibility index (Phi) is 7.45. The molecule has 9 nitrogen and oxygen atoms in total. The summed E-state index contributed by atoms with van der Waals surface area (Å²) in [5.74, 6) is -0.0330. The lowest BCUT2D eigenvalue weighted by atomic mass is 10.1. The average molecular weight is 611 g/mol. The van der Waals surface area contributed by atoms with Gasteiger partial charge in [-0.25, -0.2) is 27.2 Å². The summed E-state index contributed by atoms with van der Waals surface area (Å²) in [5, 5.41) is 8.10. The SMILES string of the molecule is CS(=O)(=O)c1cc(C2CC2)ccc1Nc1cc(Cc2cc3n(n2)CCCCC3)nc2c1nc(C(F)F)n2C1CCCCO1. The predicted molar refractivity (Wildman–Crippen MR) is 159 cm³/mol. The number of hydrogen-bond acceptors (Lipinski definition) is 7. The standard InChI is InChI=1S/C31H36F2N6O3S/c1-43(40,41)26-15-20(19-9-10-19)11-12-24(26)35-25-18-21(16-22-17-23-7-3-2-5-13-38(23)37-22)34-30-28(25)36-31(29(32)33)39(30)27-8-4-6-14-42-27/h11-12,15,17-19,27,29H,2-10,13-14,16H2,1H3,(H,34,35). The fraction of sp³-hybridized carbons (Fsp3) is 0.516. The summed E-state index contributed by atoms with van der Waals surface area (Å²) >= 11 is 0. The number of fused-ring (bicyclic) bond motifs is 2. The Morgan fingerprint density at radius 1 is 1.00 bits per heavy atom. The minimum Gasteiger partial charge on any atom is -0.358 e. The van der Waals surface area contributed by atoms with Crippen molar-refractivity contribution in [2.75, 3.05) is 18.2 Å². The van der Waals surface area contributed by atoms with Crippen LogP contribution in [0, 0.1) is 0 Å². The van der Waals surface area contributed by atoms with Crippen molar-refractivity contribution < 1.29 is 21.9 Å². The van der Waals surface area contributed by atoms with E-state index >= 15 is 0 Å². The fourth-order valence-corrected chi connectivity index (χ4v) is 7.24. The molecule has 2 fully saturated rings. The van der Waals surface area contributed by atoms with Gasteiger partial charge in [0.2, 0.25) is 0 Å². The zero-order valence-corrected chi connectivity index (χ0v) is 25.0. The number of aryl methyl sites for hydroxylation is 2. The summed E-state index contributed by atoms with van der Waals surface area (Å²) < 4.78 is 64.1. The molecule has 43 heavy (non-hydrogen) atoms. The summed E-state index contributed by atoms with van der Waals surface area (Å²) in [4.78, 5) is 9.43. The molecule has 1 atom stereocenters. The van der Waals surface area contributed by atoms with E-state index in [9.17, 15) is 17.2 Å². The Labute approximate surface area is 249 Å². The fourth-order valence-electron chi connectivity index (χ4n) is 6.37. The molecule has 228 valence electrons. The highest BCUT2D eigenvalue weighted by Gasteiger charge is 2.30. The van der Waals surface area contributed by atoms with Crippen molar-refractivity contribution in [1.29, 1.82) is 0 Å². The topological polar surface area (TPSA) is 104 Å². The van der Waals surface area contributed by atoms with E-state index in [1.54, 1.807) is 18.2 Å². The summed E-state index contributed by atoms with van der Waals surface area (Å²) in [6, 6.07) is 9.31. The van der Waals surface area contributed by atoms with E-state index in [2.05, 4.69) is 21.0 Å². The van der Waals surface area contributed by atoms with Crippen LogP contribution in [0.1, 0.15) is 98.4 Å². The van der Waals surface area contributed by atoms with Gasteiger partial charge in [0, 0.05) is 31.5 Å². The van der Waals surface area contributed by atoms with E-state index in [4.69, 9.17) is 14.8 Å². The smallest absolute Gasteiger partial charge is 0.295 e. The Balaban J connectivity index is 1.36. The minimum absolute atomic E-state index is 0.172. The Bertz CT molecular complexity index is 1750. The third-order valence-electron chi connectivity index (χ3n) is 8.67. The number of halogens is 2. The first-order chi connectivity index (χ1) is 20.7. The van der Waals surface area contributed by atoms with Crippen LogP contribution in [0.5, 0.6) is 0 Å². The van der Waals surface area contributed by atoms with Crippen molar-refractivity contribution in [3.05, 3.63) is 58.8 Å². The van der Waals surface area contributed by atoms with Gasteiger partial charge in [-0.3, -0.25) is 9.25 Å². The number of imidazole rings is 1. The van der Waals surface area contributed by atoms with Crippen LogP contribution >= 0.6 is 0 Å². The number of rotatable bonds is 8. The molecule has 7 rings (SSSR count). The second kappa shape index (κ2) is 11.3. The van der Waals surface area contributed by atoms with Gasteiger partial charge in [-0.05, 0) is 87.1 Å². The Morgan fingerprint density at radius 2 is 1.86 bits per heavy atom. The molecule has 0 radical (unpaired) electrons. The molecular formula is C31H36F2N6O3S. The van der Waals surface area contributed by atoms with Gasteiger partial charge in [-0.2, -0.15) is 5.10 Å². The van der Waals surface area contributed by atoms with E-state index in [0.717, 1.165) is 62.7 Å². The van der Waals surface area contributed by atoms with Crippen molar-refractivity contribution in [2.45, 2.75) is 94.2 Å². The molecule has 1 saturated carbocycles. The molecule has 2 aliphatic heterocycles. The maximum absolute atomic E-state index is 14.5. The van der Waals surface area contributed by atoms with Crippen molar-refractivity contribution in [3.63, 3.8) is 0 Å². The summed E-state index contributed by atoms with van der Waals surface area (Å²) in [7, 11) is -3.59. The molecule has 1 unspecified atom stereocenters. The number of pyridine rings is 1. The molecule has 0 amide bonds. The van der Waals surface area contributed by atoms with Crippen LogP contribution in [0.4, 0.5) is 20.2 Å². The molecule has 1 saturated heterocycles. The van der Waals surface area contributed by atoms with Gasteiger partial charge in [-0.1, -0.05) is 12.5 Å². The first-order valence-electron chi connectivity index (χ1n) is 15.2. The van der Waals surface area contributed by atoms with Gasteiger partial charge in [0.1, 0.15) is 11.7 Å². The van der Waals surface area contributed by atoms with E-state index in [1.165, 1.54) is 22.9 Å². The monoisotopic (exact) mass is 610 g/mol. The second-order valence-corrected chi connectivity index (χ2v) is 14.0. The maximum Gasteiger partial charge on any atom is 0.295 e. The van der Waals surface area contributed by atoms with Gasteiger partial charge < -0.3 is 10.1 Å². The number of aromatic nitrogens is 5. The molecule has 1 aromatic carbocycles. The zero-order chi connectivity index (χ0) is 29.7. The highest BCUT2D eigenvalue weighted by Crippen LogP contribution is 2.42. The lowest BCUT2D eigenvalue weighted by Gasteiger charge is -2.25. The van der Waals surface area contributed by atoms with E-state index in [1.807, 2.05) is 6.07 Å². The molecule has 12 heteroatoms. The number of nitrogens with one attached hydrogen (secondary N) is 1. The van der Waals surface area contributed by atoms with Crippen LogP contribution < -0.4 is 5.32 Å². The van der Waals surface area contributed by atoms with Crippen molar-refractivity contribution in [2.24, 2.45) is 0 Å². The van der Waals surface area contributed by atoms with E-state index in [0.29, 0.717) is 48.1 Å². The number of sulfone groups is 1. The molecule has 3 aliphatic rings. The molecule has 0 spiro atoms. The maximum atomic E-state index is 14.5. The van der Waals surface area contributed by atoms with E-state index in [-0.39, 0.29) is 10.4 Å². The van der Waals surface area contributed by atoms with Crippen LogP contribution in [0.25, 0.3) is 11.2 Å². The Hall–Kier alpha value is -3.38. The van der Waals surface area contributed by atoms with Crippen LogP contribution in [0.2, 0.25) is 0 Å².